The molecule has 0 aromatic carbocycles. The maximum atomic E-state index is 12.3. The Bertz CT molecular complexity index is 479. The fourth-order valence-corrected chi connectivity index (χ4v) is 3.16. The van der Waals surface area contributed by atoms with Gasteiger partial charge in [-0.3, -0.25) is 4.90 Å². The highest BCUT2D eigenvalue weighted by molar-refractivity contribution is 6.29. The number of aromatic nitrogens is 1. The molecule has 1 aromatic heterocycles. The zero-order chi connectivity index (χ0) is 13.9. The van der Waals surface area contributed by atoms with Crippen molar-refractivity contribution < 1.29 is 4.79 Å². The van der Waals surface area contributed by atoms with Gasteiger partial charge in [0, 0.05) is 25.7 Å². The number of hydrogen-bond donors (Lipinski definition) is 1. The molecule has 2 saturated heterocycles. The van der Waals surface area contributed by atoms with Crippen LogP contribution >= 0.6 is 11.6 Å². The second-order valence-corrected chi connectivity index (χ2v) is 5.82. The summed E-state index contributed by atoms with van der Waals surface area (Å²) in [4.78, 5) is 20.7. The molecule has 1 N–H and O–H groups in total. The molecular formula is C14H19ClN4O. The Morgan fingerprint density at radius 3 is 2.95 bits per heavy atom. The van der Waals surface area contributed by atoms with Crippen LogP contribution in [0.1, 0.15) is 19.3 Å². The molecule has 2 aliphatic rings. The summed E-state index contributed by atoms with van der Waals surface area (Å²) < 4.78 is 0. The van der Waals surface area contributed by atoms with Crippen LogP contribution in [0.4, 0.5) is 10.5 Å². The summed E-state index contributed by atoms with van der Waals surface area (Å²) >= 11 is 5.74. The number of pyridine rings is 1. The largest absolute Gasteiger partial charge is 0.323 e. The summed E-state index contributed by atoms with van der Waals surface area (Å²) in [6, 6.07) is 3.94. The lowest BCUT2D eigenvalue weighted by Crippen LogP contribution is -2.41. The van der Waals surface area contributed by atoms with E-state index in [9.17, 15) is 4.79 Å². The molecule has 0 spiro atoms. The van der Waals surface area contributed by atoms with Crippen molar-refractivity contribution in [3.05, 3.63) is 23.5 Å². The summed E-state index contributed by atoms with van der Waals surface area (Å²) in [5.41, 5.74) is 0.687. The van der Waals surface area contributed by atoms with Gasteiger partial charge >= 0.3 is 6.03 Å². The molecule has 2 fully saturated rings. The van der Waals surface area contributed by atoms with Crippen LogP contribution < -0.4 is 5.32 Å². The zero-order valence-corrected chi connectivity index (χ0v) is 12.1. The van der Waals surface area contributed by atoms with Crippen LogP contribution in [-0.2, 0) is 0 Å². The zero-order valence-electron chi connectivity index (χ0n) is 11.4. The van der Waals surface area contributed by atoms with Gasteiger partial charge in [0.05, 0.1) is 11.9 Å². The minimum absolute atomic E-state index is 0.0390. The SMILES string of the molecule is O=C(Nc1ccc(Cl)nc1)N1CCCN2CCC[C@H]2C1. The average Bonchev–Trinajstić information content (AvgIpc) is 2.78. The smallest absolute Gasteiger partial charge is 0.321 e. The van der Waals surface area contributed by atoms with Crippen LogP contribution in [-0.4, -0.2) is 53.0 Å². The van der Waals surface area contributed by atoms with Gasteiger partial charge in [-0.05, 0) is 37.9 Å². The van der Waals surface area contributed by atoms with Crippen molar-refractivity contribution in [3.63, 3.8) is 0 Å². The monoisotopic (exact) mass is 294 g/mol. The lowest BCUT2D eigenvalue weighted by atomic mass is 10.2. The first-order valence-electron chi connectivity index (χ1n) is 7.14. The van der Waals surface area contributed by atoms with E-state index in [0.717, 1.165) is 26.1 Å². The molecule has 0 saturated carbocycles. The van der Waals surface area contributed by atoms with Crippen LogP contribution in [0, 0.1) is 0 Å². The average molecular weight is 295 g/mol. The molecule has 0 unspecified atom stereocenters. The number of halogens is 1. The van der Waals surface area contributed by atoms with E-state index in [1.165, 1.54) is 19.4 Å². The van der Waals surface area contributed by atoms with Crippen LogP contribution in [0.5, 0.6) is 0 Å². The van der Waals surface area contributed by atoms with Crippen molar-refractivity contribution in [1.29, 1.82) is 0 Å². The van der Waals surface area contributed by atoms with Gasteiger partial charge in [0.15, 0.2) is 0 Å². The molecule has 0 radical (unpaired) electrons. The summed E-state index contributed by atoms with van der Waals surface area (Å²) in [5, 5.41) is 3.32. The molecule has 2 amide bonds. The van der Waals surface area contributed by atoms with Gasteiger partial charge in [0.2, 0.25) is 0 Å². The van der Waals surface area contributed by atoms with Crippen LogP contribution in [0.15, 0.2) is 18.3 Å². The van der Waals surface area contributed by atoms with Gasteiger partial charge in [0.1, 0.15) is 5.15 Å². The van der Waals surface area contributed by atoms with E-state index < -0.39 is 0 Å². The van der Waals surface area contributed by atoms with E-state index in [1.807, 2.05) is 4.90 Å². The third kappa shape index (κ3) is 3.04. The highest BCUT2D eigenvalue weighted by Crippen LogP contribution is 2.21. The number of urea groups is 1. The molecular weight excluding hydrogens is 276 g/mol. The first kappa shape index (κ1) is 13.6. The molecule has 5 nitrogen and oxygen atoms in total. The van der Waals surface area contributed by atoms with Gasteiger partial charge in [-0.2, -0.15) is 0 Å². The second-order valence-electron chi connectivity index (χ2n) is 5.43. The maximum Gasteiger partial charge on any atom is 0.321 e. The second kappa shape index (κ2) is 5.97. The molecule has 1 atom stereocenters. The van der Waals surface area contributed by atoms with Crippen molar-refractivity contribution in [1.82, 2.24) is 14.8 Å². The van der Waals surface area contributed by atoms with E-state index in [2.05, 4.69) is 15.2 Å². The van der Waals surface area contributed by atoms with Crippen LogP contribution in [0.2, 0.25) is 5.15 Å². The van der Waals surface area contributed by atoms with Crippen molar-refractivity contribution in [2.45, 2.75) is 25.3 Å². The quantitative estimate of drug-likeness (QED) is 0.809. The number of fused-ring (bicyclic) bond motifs is 1. The fourth-order valence-electron chi connectivity index (χ4n) is 3.04. The van der Waals surface area contributed by atoms with E-state index in [4.69, 9.17) is 11.6 Å². The minimum atomic E-state index is -0.0390. The van der Waals surface area contributed by atoms with Crippen LogP contribution in [0.3, 0.4) is 0 Å². The Balaban J connectivity index is 1.62. The lowest BCUT2D eigenvalue weighted by molar-refractivity contribution is 0.200. The molecule has 20 heavy (non-hydrogen) atoms. The topological polar surface area (TPSA) is 48.5 Å². The lowest BCUT2D eigenvalue weighted by Gasteiger charge is -2.25. The highest BCUT2D eigenvalue weighted by Gasteiger charge is 2.30. The number of carbonyl (C=O) groups is 1. The van der Waals surface area contributed by atoms with Crippen molar-refractivity contribution in [3.8, 4) is 0 Å². The van der Waals surface area contributed by atoms with Crippen molar-refractivity contribution in [2.75, 3.05) is 31.5 Å². The standard InChI is InChI=1S/C14H19ClN4O/c15-13-5-4-11(9-16-13)17-14(20)19-8-2-7-18-6-1-3-12(18)10-19/h4-5,9,12H,1-3,6-8,10H2,(H,17,20)/t12-/m0/s1. The molecule has 6 heteroatoms. The third-order valence-corrected chi connectivity index (χ3v) is 4.29. The van der Waals surface area contributed by atoms with Crippen molar-refractivity contribution >= 4 is 23.3 Å². The number of hydrogen-bond acceptors (Lipinski definition) is 3. The predicted octanol–water partition coefficient (Wildman–Crippen LogP) is 2.44. The van der Waals surface area contributed by atoms with Gasteiger partial charge in [-0.25, -0.2) is 9.78 Å². The summed E-state index contributed by atoms with van der Waals surface area (Å²) in [6.45, 7) is 3.94. The first-order valence-corrected chi connectivity index (χ1v) is 7.52. The summed E-state index contributed by atoms with van der Waals surface area (Å²) in [7, 11) is 0. The normalized spacial score (nSPS) is 23.2. The summed E-state index contributed by atoms with van der Waals surface area (Å²) in [5.74, 6) is 0. The Kier molecular flexibility index (Phi) is 4.08. The molecule has 2 aliphatic heterocycles. The Labute approximate surface area is 123 Å². The molecule has 0 aliphatic carbocycles. The summed E-state index contributed by atoms with van der Waals surface area (Å²) in [6.07, 6.45) is 5.08. The third-order valence-electron chi connectivity index (χ3n) is 4.07. The Morgan fingerprint density at radius 1 is 1.30 bits per heavy atom. The molecule has 3 heterocycles. The minimum Gasteiger partial charge on any atom is -0.323 e. The predicted molar refractivity (Wildman–Crippen MR) is 79.1 cm³/mol. The van der Waals surface area contributed by atoms with Crippen molar-refractivity contribution in [2.24, 2.45) is 0 Å². The number of anilines is 1. The number of carbonyl (C=O) groups excluding carboxylic acids is 1. The molecule has 1 aromatic rings. The van der Waals surface area contributed by atoms with Crippen LogP contribution in [0.25, 0.3) is 0 Å². The van der Waals surface area contributed by atoms with Gasteiger partial charge in [-0.15, -0.1) is 0 Å². The van der Waals surface area contributed by atoms with E-state index >= 15 is 0 Å². The fraction of sp³-hybridized carbons (Fsp3) is 0.571. The molecule has 108 valence electrons. The number of nitrogens with one attached hydrogen (secondary N) is 1. The Morgan fingerprint density at radius 2 is 2.15 bits per heavy atom. The number of amides is 2. The number of nitrogens with zero attached hydrogens (tertiary/aromatic N) is 3. The molecule has 0 bridgehead atoms. The van der Waals surface area contributed by atoms with E-state index in [-0.39, 0.29) is 6.03 Å². The highest BCUT2D eigenvalue weighted by atomic mass is 35.5. The van der Waals surface area contributed by atoms with Gasteiger partial charge in [-0.1, -0.05) is 11.6 Å². The van der Waals surface area contributed by atoms with E-state index in [0.29, 0.717) is 16.9 Å². The van der Waals surface area contributed by atoms with Gasteiger partial charge in [0.25, 0.3) is 0 Å². The van der Waals surface area contributed by atoms with E-state index in [1.54, 1.807) is 18.3 Å². The Hall–Kier alpha value is -1.33. The molecule has 3 rings (SSSR count). The van der Waals surface area contributed by atoms with Gasteiger partial charge < -0.3 is 10.2 Å². The first-order chi connectivity index (χ1) is 9.72. The maximum absolute atomic E-state index is 12.3. The number of rotatable bonds is 1.